The van der Waals surface area contributed by atoms with Gasteiger partial charge in [0, 0.05) is 0 Å². The lowest BCUT2D eigenvalue weighted by atomic mass is 9.77. The van der Waals surface area contributed by atoms with Crippen LogP contribution in [-0.2, 0) is 10.2 Å². The van der Waals surface area contributed by atoms with Gasteiger partial charge in [0.25, 0.3) is 0 Å². The van der Waals surface area contributed by atoms with Crippen LogP contribution in [0.25, 0.3) is 0 Å². The summed E-state index contributed by atoms with van der Waals surface area (Å²) in [5.74, 6) is 1.64. The van der Waals surface area contributed by atoms with Gasteiger partial charge in [-0.1, -0.05) is 49.2 Å². The van der Waals surface area contributed by atoms with Crippen molar-refractivity contribution in [2.24, 2.45) is 0 Å². The SMILES string of the molecule is C[C@H](NC(=O)C1(c2ccc3c(c2)OCCO3)CCCC1)c1ccccc1. The first-order valence-corrected chi connectivity index (χ1v) is 9.45. The summed E-state index contributed by atoms with van der Waals surface area (Å²) in [5, 5.41) is 3.25. The average molecular weight is 351 g/mol. The van der Waals surface area contributed by atoms with Gasteiger partial charge in [-0.3, -0.25) is 4.79 Å². The maximum Gasteiger partial charge on any atom is 0.231 e. The molecule has 2 aliphatic rings. The monoisotopic (exact) mass is 351 g/mol. The molecule has 1 N–H and O–H groups in total. The number of rotatable bonds is 4. The summed E-state index contributed by atoms with van der Waals surface area (Å²) >= 11 is 0. The molecule has 26 heavy (non-hydrogen) atoms. The molecule has 2 aromatic rings. The molecule has 1 aliphatic carbocycles. The Labute approximate surface area is 154 Å². The van der Waals surface area contributed by atoms with Crippen molar-refractivity contribution in [3.63, 3.8) is 0 Å². The second-order valence-electron chi connectivity index (χ2n) is 7.25. The number of nitrogens with one attached hydrogen (secondary N) is 1. The molecular weight excluding hydrogens is 326 g/mol. The van der Waals surface area contributed by atoms with Crippen molar-refractivity contribution >= 4 is 5.91 Å². The second kappa shape index (κ2) is 7.02. The molecule has 1 heterocycles. The van der Waals surface area contributed by atoms with E-state index in [0.29, 0.717) is 13.2 Å². The Morgan fingerprint density at radius 3 is 2.42 bits per heavy atom. The minimum absolute atomic E-state index is 0.0154. The third-order valence-electron chi connectivity index (χ3n) is 5.63. The molecule has 0 spiro atoms. The average Bonchev–Trinajstić information content (AvgIpc) is 3.19. The molecule has 1 fully saturated rings. The molecule has 1 saturated carbocycles. The van der Waals surface area contributed by atoms with E-state index in [-0.39, 0.29) is 11.9 Å². The van der Waals surface area contributed by atoms with Gasteiger partial charge < -0.3 is 14.8 Å². The summed E-state index contributed by atoms with van der Waals surface area (Å²) < 4.78 is 11.4. The Morgan fingerprint density at radius 1 is 1.00 bits per heavy atom. The number of hydrogen-bond donors (Lipinski definition) is 1. The van der Waals surface area contributed by atoms with Crippen molar-refractivity contribution in [1.82, 2.24) is 5.32 Å². The number of amides is 1. The van der Waals surface area contributed by atoms with Gasteiger partial charge in [0.05, 0.1) is 11.5 Å². The van der Waals surface area contributed by atoms with Crippen LogP contribution >= 0.6 is 0 Å². The Hall–Kier alpha value is -2.49. The second-order valence-corrected chi connectivity index (χ2v) is 7.25. The standard InChI is InChI=1S/C22H25NO3/c1-16(17-7-3-2-4-8-17)23-21(24)22(11-5-6-12-22)18-9-10-19-20(15-18)26-14-13-25-19/h2-4,7-10,15-16H,5-6,11-14H2,1H3,(H,23,24)/t16-/m0/s1. The van der Waals surface area contributed by atoms with E-state index in [2.05, 4.69) is 17.4 Å². The van der Waals surface area contributed by atoms with Crippen molar-refractivity contribution in [2.45, 2.75) is 44.1 Å². The van der Waals surface area contributed by atoms with Gasteiger partial charge in [-0.25, -0.2) is 0 Å². The number of hydrogen-bond acceptors (Lipinski definition) is 3. The van der Waals surface area contributed by atoms with Crippen LogP contribution in [0.3, 0.4) is 0 Å². The van der Waals surface area contributed by atoms with Gasteiger partial charge in [0.2, 0.25) is 5.91 Å². The molecule has 136 valence electrons. The molecule has 1 aliphatic heterocycles. The highest BCUT2D eigenvalue weighted by Crippen LogP contribution is 2.44. The first kappa shape index (κ1) is 17.0. The molecule has 4 rings (SSSR count). The fourth-order valence-corrected chi connectivity index (χ4v) is 4.13. The molecule has 2 aromatic carbocycles. The lowest BCUT2D eigenvalue weighted by Crippen LogP contribution is -2.43. The highest BCUT2D eigenvalue weighted by molar-refractivity contribution is 5.89. The number of carbonyl (C=O) groups is 1. The normalized spacial score (nSPS) is 19.0. The Balaban J connectivity index is 1.61. The number of benzene rings is 2. The summed E-state index contributed by atoms with van der Waals surface area (Å²) in [6.45, 7) is 3.17. The van der Waals surface area contributed by atoms with Crippen molar-refractivity contribution in [1.29, 1.82) is 0 Å². The van der Waals surface area contributed by atoms with Crippen molar-refractivity contribution in [3.05, 3.63) is 59.7 Å². The predicted octanol–water partition coefficient (Wildman–Crippen LogP) is 4.15. The van der Waals surface area contributed by atoms with E-state index < -0.39 is 5.41 Å². The first-order valence-electron chi connectivity index (χ1n) is 9.45. The van der Waals surface area contributed by atoms with Gasteiger partial charge in [-0.2, -0.15) is 0 Å². The van der Waals surface area contributed by atoms with Crippen molar-refractivity contribution in [2.75, 3.05) is 13.2 Å². The molecule has 0 saturated heterocycles. The smallest absolute Gasteiger partial charge is 0.231 e. The van der Waals surface area contributed by atoms with E-state index in [9.17, 15) is 4.79 Å². The highest BCUT2D eigenvalue weighted by atomic mass is 16.6. The molecule has 0 bridgehead atoms. The van der Waals surface area contributed by atoms with E-state index in [1.807, 2.05) is 43.3 Å². The zero-order chi connectivity index (χ0) is 18.0. The van der Waals surface area contributed by atoms with E-state index >= 15 is 0 Å². The van der Waals surface area contributed by atoms with Gasteiger partial charge in [0.1, 0.15) is 13.2 Å². The Kier molecular flexibility index (Phi) is 4.58. The van der Waals surface area contributed by atoms with E-state index in [0.717, 1.165) is 48.3 Å². The van der Waals surface area contributed by atoms with Gasteiger partial charge in [0.15, 0.2) is 11.5 Å². The lowest BCUT2D eigenvalue weighted by molar-refractivity contribution is -0.127. The summed E-state index contributed by atoms with van der Waals surface area (Å²) in [6, 6.07) is 16.1. The quantitative estimate of drug-likeness (QED) is 0.900. The van der Waals surface area contributed by atoms with Crippen LogP contribution in [0.2, 0.25) is 0 Å². The Morgan fingerprint density at radius 2 is 1.69 bits per heavy atom. The highest BCUT2D eigenvalue weighted by Gasteiger charge is 2.43. The molecule has 0 aromatic heterocycles. The largest absolute Gasteiger partial charge is 0.486 e. The van der Waals surface area contributed by atoms with Crippen LogP contribution in [0, 0.1) is 0 Å². The fraction of sp³-hybridized carbons (Fsp3) is 0.409. The molecule has 4 heteroatoms. The summed E-state index contributed by atoms with van der Waals surface area (Å²) in [4.78, 5) is 13.3. The summed E-state index contributed by atoms with van der Waals surface area (Å²) in [7, 11) is 0. The van der Waals surface area contributed by atoms with Crippen LogP contribution in [0.5, 0.6) is 11.5 Å². The van der Waals surface area contributed by atoms with Crippen molar-refractivity contribution in [3.8, 4) is 11.5 Å². The third kappa shape index (κ3) is 3.05. The number of fused-ring (bicyclic) bond motifs is 1. The maximum atomic E-state index is 13.3. The maximum absolute atomic E-state index is 13.3. The van der Waals surface area contributed by atoms with E-state index in [1.54, 1.807) is 0 Å². The minimum Gasteiger partial charge on any atom is -0.486 e. The predicted molar refractivity (Wildman–Crippen MR) is 101 cm³/mol. The first-order chi connectivity index (χ1) is 12.7. The van der Waals surface area contributed by atoms with E-state index in [1.165, 1.54) is 0 Å². The van der Waals surface area contributed by atoms with Crippen LogP contribution in [0.1, 0.15) is 49.8 Å². The lowest BCUT2D eigenvalue weighted by Gasteiger charge is -2.31. The fourth-order valence-electron chi connectivity index (χ4n) is 4.13. The topological polar surface area (TPSA) is 47.6 Å². The molecule has 1 atom stereocenters. The molecule has 1 amide bonds. The molecule has 0 unspecified atom stereocenters. The number of carbonyl (C=O) groups excluding carboxylic acids is 1. The summed E-state index contributed by atoms with van der Waals surface area (Å²) in [6.07, 6.45) is 3.89. The zero-order valence-electron chi connectivity index (χ0n) is 15.2. The summed E-state index contributed by atoms with van der Waals surface area (Å²) in [5.41, 5.74) is 1.69. The molecule has 4 nitrogen and oxygen atoms in total. The van der Waals surface area contributed by atoms with Gasteiger partial charge >= 0.3 is 0 Å². The molecule has 0 radical (unpaired) electrons. The number of ether oxygens (including phenoxy) is 2. The van der Waals surface area contributed by atoms with Crippen molar-refractivity contribution < 1.29 is 14.3 Å². The Bertz CT molecular complexity index is 781. The molecular formula is C22H25NO3. The van der Waals surface area contributed by atoms with Crippen LogP contribution in [0.4, 0.5) is 0 Å². The van der Waals surface area contributed by atoms with Gasteiger partial charge in [-0.15, -0.1) is 0 Å². The third-order valence-corrected chi connectivity index (χ3v) is 5.63. The minimum atomic E-state index is -0.473. The van der Waals surface area contributed by atoms with Gasteiger partial charge in [-0.05, 0) is 43.0 Å². The van der Waals surface area contributed by atoms with Crippen LogP contribution in [0.15, 0.2) is 48.5 Å². The van der Waals surface area contributed by atoms with E-state index in [4.69, 9.17) is 9.47 Å². The van der Waals surface area contributed by atoms with Crippen LogP contribution in [-0.4, -0.2) is 19.1 Å². The van der Waals surface area contributed by atoms with Crippen LogP contribution < -0.4 is 14.8 Å². The zero-order valence-corrected chi connectivity index (χ0v) is 15.2.